The van der Waals surface area contributed by atoms with Crippen LogP contribution in [0.4, 0.5) is 9.93 Å². The van der Waals surface area contributed by atoms with Gasteiger partial charge in [-0.1, -0.05) is 11.3 Å². The number of anilines is 1. The molecule has 3 rings (SSSR count). The summed E-state index contributed by atoms with van der Waals surface area (Å²) in [5.41, 5.74) is 2.95. The summed E-state index contributed by atoms with van der Waals surface area (Å²) < 4.78 is 0. The number of amides is 2. The fourth-order valence-corrected chi connectivity index (χ4v) is 3.24. The van der Waals surface area contributed by atoms with Crippen molar-refractivity contribution in [2.45, 2.75) is 6.54 Å². The molecular weight excluding hydrogens is 294 g/mol. The van der Waals surface area contributed by atoms with E-state index in [0.29, 0.717) is 5.13 Å². The summed E-state index contributed by atoms with van der Waals surface area (Å²) in [6, 6.07) is 2.07. The van der Waals surface area contributed by atoms with E-state index < -0.39 is 0 Å². The maximum atomic E-state index is 12.0. The molecule has 0 radical (unpaired) electrons. The van der Waals surface area contributed by atoms with E-state index in [4.69, 9.17) is 0 Å². The number of hydrogen-bond acceptors (Lipinski definition) is 6. The Hall–Kier alpha value is -1.51. The van der Waals surface area contributed by atoms with Crippen LogP contribution in [0.5, 0.6) is 0 Å². The molecule has 1 N–H and O–H groups in total. The third kappa shape index (κ3) is 3.33. The fourth-order valence-electron chi connectivity index (χ4n) is 2.15. The van der Waals surface area contributed by atoms with Crippen LogP contribution in [0.25, 0.3) is 0 Å². The Morgan fingerprint density at radius 1 is 1.35 bits per heavy atom. The van der Waals surface area contributed by atoms with Crippen molar-refractivity contribution in [3.63, 3.8) is 0 Å². The highest BCUT2D eigenvalue weighted by molar-refractivity contribution is 7.13. The van der Waals surface area contributed by atoms with Crippen molar-refractivity contribution >= 4 is 33.8 Å². The zero-order chi connectivity index (χ0) is 13.8. The summed E-state index contributed by atoms with van der Waals surface area (Å²) in [5, 5.41) is 15.1. The van der Waals surface area contributed by atoms with Crippen LogP contribution in [-0.4, -0.2) is 52.2 Å². The number of carbonyl (C=O) groups is 1. The van der Waals surface area contributed by atoms with Crippen molar-refractivity contribution in [3.8, 4) is 0 Å². The third-order valence-electron chi connectivity index (χ3n) is 3.22. The van der Waals surface area contributed by atoms with Crippen LogP contribution >= 0.6 is 22.7 Å². The average molecular weight is 309 g/mol. The number of thiophene rings is 1. The molecular formula is C12H15N5OS2. The quantitative estimate of drug-likeness (QED) is 0.941. The fraction of sp³-hybridized carbons (Fsp3) is 0.417. The lowest BCUT2D eigenvalue weighted by Gasteiger charge is -2.34. The van der Waals surface area contributed by atoms with E-state index in [-0.39, 0.29) is 6.03 Å². The molecule has 20 heavy (non-hydrogen) atoms. The van der Waals surface area contributed by atoms with Crippen LogP contribution in [0.15, 0.2) is 22.3 Å². The number of rotatable bonds is 3. The number of carbonyl (C=O) groups excluding carboxylic acids is 1. The number of aromatic nitrogens is 2. The smallest absolute Gasteiger partial charge is 0.322 e. The third-order valence-corrected chi connectivity index (χ3v) is 4.56. The molecule has 1 saturated heterocycles. The zero-order valence-electron chi connectivity index (χ0n) is 10.9. The van der Waals surface area contributed by atoms with Gasteiger partial charge in [0.1, 0.15) is 5.51 Å². The van der Waals surface area contributed by atoms with Gasteiger partial charge in [-0.15, -0.1) is 10.2 Å². The first-order chi connectivity index (χ1) is 9.81. The number of nitrogens with one attached hydrogen (secondary N) is 1. The molecule has 0 atom stereocenters. The monoisotopic (exact) mass is 309 g/mol. The Kier molecular flexibility index (Phi) is 4.24. The molecule has 8 heteroatoms. The van der Waals surface area contributed by atoms with Crippen LogP contribution in [0.3, 0.4) is 0 Å². The largest absolute Gasteiger partial charge is 0.323 e. The van der Waals surface area contributed by atoms with Crippen molar-refractivity contribution in [3.05, 3.63) is 27.9 Å². The van der Waals surface area contributed by atoms with E-state index in [0.717, 1.165) is 32.7 Å². The second-order valence-electron chi connectivity index (χ2n) is 4.57. The molecule has 0 saturated carbocycles. The molecule has 2 amide bonds. The Balaban J connectivity index is 1.47. The number of piperazine rings is 1. The van der Waals surface area contributed by atoms with E-state index in [2.05, 4.69) is 37.2 Å². The van der Waals surface area contributed by atoms with Crippen LogP contribution in [0, 0.1) is 0 Å². The van der Waals surface area contributed by atoms with Crippen molar-refractivity contribution in [1.29, 1.82) is 0 Å². The van der Waals surface area contributed by atoms with Gasteiger partial charge in [0.05, 0.1) is 0 Å². The lowest BCUT2D eigenvalue weighted by molar-refractivity contribution is 0.143. The predicted octanol–water partition coefficient (Wildman–Crippen LogP) is 1.95. The summed E-state index contributed by atoms with van der Waals surface area (Å²) in [5.74, 6) is 0. The first kappa shape index (κ1) is 13.5. The molecule has 0 aromatic carbocycles. The Labute approximate surface area is 125 Å². The van der Waals surface area contributed by atoms with E-state index in [1.807, 2.05) is 4.90 Å². The molecule has 1 aliphatic rings. The molecule has 3 heterocycles. The highest BCUT2D eigenvalue weighted by Gasteiger charge is 2.21. The second-order valence-corrected chi connectivity index (χ2v) is 6.18. The number of nitrogens with zero attached hydrogens (tertiary/aromatic N) is 4. The molecule has 2 aromatic rings. The van der Waals surface area contributed by atoms with Crippen molar-refractivity contribution < 1.29 is 4.79 Å². The van der Waals surface area contributed by atoms with Gasteiger partial charge in [-0.25, -0.2) is 4.79 Å². The van der Waals surface area contributed by atoms with Gasteiger partial charge in [0.15, 0.2) is 0 Å². The maximum Gasteiger partial charge on any atom is 0.323 e. The first-order valence-corrected chi connectivity index (χ1v) is 8.19. The minimum Gasteiger partial charge on any atom is -0.322 e. The van der Waals surface area contributed by atoms with Gasteiger partial charge in [-0.2, -0.15) is 11.3 Å². The summed E-state index contributed by atoms with van der Waals surface area (Å²) >= 11 is 3.05. The highest BCUT2D eigenvalue weighted by Crippen LogP contribution is 2.13. The normalized spacial score (nSPS) is 16.3. The summed E-state index contributed by atoms with van der Waals surface area (Å²) in [7, 11) is 0. The minimum absolute atomic E-state index is 0.0862. The zero-order valence-corrected chi connectivity index (χ0v) is 12.5. The van der Waals surface area contributed by atoms with E-state index in [1.165, 1.54) is 16.9 Å². The molecule has 0 unspecified atom stereocenters. The molecule has 1 aliphatic heterocycles. The predicted molar refractivity (Wildman–Crippen MR) is 80.1 cm³/mol. The molecule has 106 valence electrons. The molecule has 0 aliphatic carbocycles. The minimum atomic E-state index is -0.0862. The molecule has 1 fully saturated rings. The molecule has 0 bridgehead atoms. The summed E-state index contributed by atoms with van der Waals surface area (Å²) in [4.78, 5) is 16.2. The Morgan fingerprint density at radius 3 is 2.85 bits per heavy atom. The van der Waals surface area contributed by atoms with Crippen LogP contribution in [0.1, 0.15) is 5.56 Å². The van der Waals surface area contributed by atoms with Crippen molar-refractivity contribution in [1.82, 2.24) is 20.0 Å². The lowest BCUT2D eigenvalue weighted by Crippen LogP contribution is -2.49. The van der Waals surface area contributed by atoms with Crippen LogP contribution in [-0.2, 0) is 6.54 Å². The van der Waals surface area contributed by atoms with Crippen molar-refractivity contribution in [2.24, 2.45) is 0 Å². The van der Waals surface area contributed by atoms with Gasteiger partial charge < -0.3 is 4.90 Å². The standard InChI is InChI=1S/C12H15N5OS2/c18-12(14-11-15-13-9-20-11)17-4-2-16(3-5-17)7-10-1-6-19-8-10/h1,6,8-9H,2-5,7H2,(H,14,15,18). The van der Waals surface area contributed by atoms with Gasteiger partial charge in [0, 0.05) is 32.7 Å². The van der Waals surface area contributed by atoms with Crippen molar-refractivity contribution in [2.75, 3.05) is 31.5 Å². The highest BCUT2D eigenvalue weighted by atomic mass is 32.1. The van der Waals surface area contributed by atoms with Gasteiger partial charge in [-0.3, -0.25) is 10.2 Å². The topological polar surface area (TPSA) is 61.4 Å². The first-order valence-electron chi connectivity index (χ1n) is 6.37. The number of hydrogen-bond donors (Lipinski definition) is 1. The number of urea groups is 1. The van der Waals surface area contributed by atoms with Crippen LogP contribution < -0.4 is 5.32 Å². The maximum absolute atomic E-state index is 12.0. The molecule has 2 aromatic heterocycles. The van der Waals surface area contributed by atoms with E-state index in [1.54, 1.807) is 16.8 Å². The molecule has 0 spiro atoms. The summed E-state index contributed by atoms with van der Waals surface area (Å²) in [6.45, 7) is 4.26. The SMILES string of the molecule is O=C(Nc1nncs1)N1CCN(Cc2ccsc2)CC1. The van der Waals surface area contributed by atoms with Crippen LogP contribution in [0.2, 0.25) is 0 Å². The van der Waals surface area contributed by atoms with Gasteiger partial charge in [0.2, 0.25) is 5.13 Å². The summed E-state index contributed by atoms with van der Waals surface area (Å²) in [6.07, 6.45) is 0. The Morgan fingerprint density at radius 2 is 2.20 bits per heavy atom. The van der Waals surface area contributed by atoms with Gasteiger partial charge >= 0.3 is 6.03 Å². The van der Waals surface area contributed by atoms with Gasteiger partial charge in [-0.05, 0) is 22.4 Å². The lowest BCUT2D eigenvalue weighted by atomic mass is 10.2. The van der Waals surface area contributed by atoms with E-state index in [9.17, 15) is 4.79 Å². The second kappa shape index (κ2) is 6.29. The van der Waals surface area contributed by atoms with Gasteiger partial charge in [0.25, 0.3) is 0 Å². The average Bonchev–Trinajstić information content (AvgIpc) is 3.13. The van der Waals surface area contributed by atoms with E-state index >= 15 is 0 Å². The molecule has 6 nitrogen and oxygen atoms in total. The Bertz CT molecular complexity index is 534.